The van der Waals surface area contributed by atoms with Gasteiger partial charge in [-0.1, -0.05) is 64.7 Å². The van der Waals surface area contributed by atoms with Gasteiger partial charge in [-0.05, 0) is 6.92 Å². The summed E-state index contributed by atoms with van der Waals surface area (Å²) in [6, 6.07) is 0. The van der Waals surface area contributed by atoms with Crippen LogP contribution in [0.5, 0.6) is 0 Å². The van der Waals surface area contributed by atoms with E-state index in [9.17, 15) is 8.42 Å². The molecular formula is C14H31NaO4S. The van der Waals surface area contributed by atoms with E-state index < -0.39 is 10.4 Å². The number of rotatable bonds is 11. The van der Waals surface area contributed by atoms with Crippen LogP contribution < -0.4 is 29.6 Å². The molecule has 0 rings (SSSR count). The maximum absolute atomic E-state index is 9.56. The maximum atomic E-state index is 9.56. The van der Waals surface area contributed by atoms with E-state index in [4.69, 9.17) is 4.55 Å². The molecule has 4 nitrogen and oxygen atoms in total. The van der Waals surface area contributed by atoms with Crippen molar-refractivity contribution in [1.82, 2.24) is 0 Å². The molecule has 0 radical (unpaired) electrons. The monoisotopic (exact) mass is 318 g/mol. The Morgan fingerprint density at radius 2 is 1.30 bits per heavy atom. The van der Waals surface area contributed by atoms with Crippen molar-refractivity contribution in [3.05, 3.63) is 6.92 Å². The van der Waals surface area contributed by atoms with Crippen LogP contribution in [0.1, 0.15) is 78.1 Å². The van der Waals surface area contributed by atoms with Crippen molar-refractivity contribution < 1.29 is 46.7 Å². The van der Waals surface area contributed by atoms with Gasteiger partial charge in [0, 0.05) is 0 Å². The molecule has 0 aliphatic heterocycles. The van der Waals surface area contributed by atoms with Crippen molar-refractivity contribution in [2.45, 2.75) is 78.1 Å². The molecule has 0 aliphatic rings. The van der Waals surface area contributed by atoms with E-state index in [0.717, 1.165) is 6.42 Å². The topological polar surface area (TPSA) is 63.6 Å². The van der Waals surface area contributed by atoms with Crippen molar-refractivity contribution in [3.63, 3.8) is 0 Å². The van der Waals surface area contributed by atoms with Crippen LogP contribution in [-0.2, 0) is 14.6 Å². The van der Waals surface area contributed by atoms with E-state index in [1.54, 1.807) is 0 Å². The van der Waals surface area contributed by atoms with Gasteiger partial charge in [0.25, 0.3) is 0 Å². The normalized spacial score (nSPS) is 10.4. The summed E-state index contributed by atoms with van der Waals surface area (Å²) in [6.07, 6.45) is 13.9. The fourth-order valence-corrected chi connectivity index (χ4v) is 1.93. The van der Waals surface area contributed by atoms with Crippen molar-refractivity contribution in [1.29, 1.82) is 0 Å². The molecule has 0 aliphatic carbocycles. The Morgan fingerprint density at radius 1 is 0.900 bits per heavy atom. The third-order valence-electron chi connectivity index (χ3n) is 2.62. The van der Waals surface area contributed by atoms with Gasteiger partial charge in [-0.3, -0.25) is 4.55 Å². The summed E-state index contributed by atoms with van der Waals surface area (Å²) in [7, 11) is -4.17. The van der Waals surface area contributed by atoms with Gasteiger partial charge in [-0.15, -0.1) is 0 Å². The summed E-state index contributed by atoms with van der Waals surface area (Å²) in [5.41, 5.74) is 0. The summed E-state index contributed by atoms with van der Waals surface area (Å²) < 4.78 is 30.7. The molecule has 0 heterocycles. The van der Waals surface area contributed by atoms with Crippen molar-refractivity contribution in [2.75, 3.05) is 6.61 Å². The predicted octanol–water partition coefficient (Wildman–Crippen LogP) is 1.57. The van der Waals surface area contributed by atoms with Gasteiger partial charge in [0.1, 0.15) is 0 Å². The first-order valence-corrected chi connectivity index (χ1v) is 8.75. The van der Waals surface area contributed by atoms with Crippen LogP contribution in [0.4, 0.5) is 0 Å². The summed E-state index contributed by atoms with van der Waals surface area (Å²) >= 11 is 0. The molecule has 1 N–H and O–H groups in total. The Labute approximate surface area is 148 Å². The fraction of sp³-hybridized carbons (Fsp3) is 0.929. The molecule has 0 atom stereocenters. The largest absolute Gasteiger partial charge is 1.00 e. The Morgan fingerprint density at radius 3 is 1.55 bits per heavy atom. The van der Waals surface area contributed by atoms with Crippen LogP contribution in [0.3, 0.4) is 0 Å². The second kappa shape index (κ2) is 19.9. The van der Waals surface area contributed by atoms with E-state index in [1.807, 2.05) is 0 Å². The van der Waals surface area contributed by atoms with Gasteiger partial charge < -0.3 is 6.92 Å². The number of unbranched alkanes of at least 4 members (excludes halogenated alkanes) is 9. The molecular weight excluding hydrogens is 287 g/mol. The predicted molar refractivity (Wildman–Crippen MR) is 80.4 cm³/mol. The molecule has 0 unspecified atom stereocenters. The van der Waals surface area contributed by atoms with Crippen LogP contribution in [0, 0.1) is 6.92 Å². The Hall–Kier alpha value is 0.870. The van der Waals surface area contributed by atoms with Gasteiger partial charge in [0.05, 0.1) is 6.61 Å². The summed E-state index contributed by atoms with van der Waals surface area (Å²) in [5.74, 6) is 0. The molecule has 0 spiro atoms. The minimum Gasteiger partial charge on any atom is -0.343 e. The SMILES string of the molecule is CCOS(=O)(=O)O.[CH2-]CCCCCCCCCCC.[Na+]. The van der Waals surface area contributed by atoms with Crippen molar-refractivity contribution >= 4 is 10.4 Å². The zero-order chi connectivity index (χ0) is 15.0. The minimum atomic E-state index is -4.17. The molecule has 0 aromatic carbocycles. The summed E-state index contributed by atoms with van der Waals surface area (Å²) in [4.78, 5) is 0. The van der Waals surface area contributed by atoms with Gasteiger partial charge in [0.15, 0.2) is 0 Å². The molecule has 6 heteroatoms. The maximum Gasteiger partial charge on any atom is 1.00 e. The van der Waals surface area contributed by atoms with E-state index in [2.05, 4.69) is 18.0 Å². The molecule has 0 saturated heterocycles. The van der Waals surface area contributed by atoms with Crippen molar-refractivity contribution in [3.8, 4) is 0 Å². The van der Waals surface area contributed by atoms with Gasteiger partial charge >= 0.3 is 40.0 Å². The van der Waals surface area contributed by atoms with E-state index in [1.165, 1.54) is 64.7 Å². The molecule has 20 heavy (non-hydrogen) atoms. The third-order valence-corrected chi connectivity index (χ3v) is 3.15. The summed E-state index contributed by atoms with van der Waals surface area (Å²) in [6.45, 7) is 7.55. The van der Waals surface area contributed by atoms with E-state index >= 15 is 0 Å². The standard InChI is InChI=1S/C12H25.C2H6O4S.Na/c1-3-5-7-9-11-12-10-8-6-4-2;1-2-6-7(3,4)5;/h1,3-12H2,2H3;2H2,1H3,(H,3,4,5);/q-1;;+1. The zero-order valence-corrected chi connectivity index (χ0v) is 16.4. The van der Waals surface area contributed by atoms with Crippen LogP contribution in [0.25, 0.3) is 0 Å². The smallest absolute Gasteiger partial charge is 0.343 e. The number of hydrogen-bond donors (Lipinski definition) is 1. The van der Waals surface area contributed by atoms with Crippen LogP contribution in [0.2, 0.25) is 0 Å². The van der Waals surface area contributed by atoms with E-state index in [0.29, 0.717) is 0 Å². The molecule has 0 saturated carbocycles. The quantitative estimate of drug-likeness (QED) is 0.272. The van der Waals surface area contributed by atoms with Crippen LogP contribution in [0.15, 0.2) is 0 Å². The summed E-state index contributed by atoms with van der Waals surface area (Å²) in [5, 5.41) is 0. The van der Waals surface area contributed by atoms with Gasteiger partial charge in [-0.2, -0.15) is 14.8 Å². The van der Waals surface area contributed by atoms with Crippen molar-refractivity contribution in [2.24, 2.45) is 0 Å². The van der Waals surface area contributed by atoms with E-state index in [-0.39, 0.29) is 36.2 Å². The average molecular weight is 318 g/mol. The van der Waals surface area contributed by atoms with Gasteiger partial charge in [-0.25, -0.2) is 4.18 Å². The molecule has 0 aromatic heterocycles. The minimum absolute atomic E-state index is 0. The zero-order valence-electron chi connectivity index (χ0n) is 13.6. The molecule has 0 aromatic rings. The number of hydrogen-bond acceptors (Lipinski definition) is 3. The Balaban J connectivity index is -0.000000312. The van der Waals surface area contributed by atoms with Crippen LogP contribution >= 0.6 is 0 Å². The molecule has 0 amide bonds. The molecule has 118 valence electrons. The second-order valence-corrected chi connectivity index (χ2v) is 5.61. The van der Waals surface area contributed by atoms with Crippen LogP contribution in [-0.4, -0.2) is 19.6 Å². The third kappa shape index (κ3) is 31.3. The Bertz CT molecular complexity index is 246. The average Bonchev–Trinajstić information content (AvgIpc) is 2.32. The Kier molecular flexibility index (Phi) is 25.6. The first-order valence-electron chi connectivity index (χ1n) is 7.39. The molecule has 0 fully saturated rings. The first kappa shape index (κ1) is 25.8. The molecule has 0 bridgehead atoms. The first-order chi connectivity index (χ1) is 8.97. The fourth-order valence-electron chi connectivity index (χ4n) is 1.64. The van der Waals surface area contributed by atoms with Gasteiger partial charge in [0.2, 0.25) is 0 Å². The second-order valence-electron chi connectivity index (χ2n) is 4.52.